The van der Waals surface area contributed by atoms with E-state index < -0.39 is 0 Å². The van der Waals surface area contributed by atoms with Crippen molar-refractivity contribution in [2.45, 2.75) is 32.8 Å². The second-order valence-electron chi connectivity index (χ2n) is 4.98. The summed E-state index contributed by atoms with van der Waals surface area (Å²) in [7, 11) is 0. The van der Waals surface area contributed by atoms with Gasteiger partial charge < -0.3 is 10.1 Å². The molecule has 96 valence electrons. The molecule has 0 saturated heterocycles. The van der Waals surface area contributed by atoms with Crippen molar-refractivity contribution in [3.05, 3.63) is 41.5 Å². The van der Waals surface area contributed by atoms with E-state index in [4.69, 9.17) is 4.74 Å². The maximum atomic E-state index is 12.1. The van der Waals surface area contributed by atoms with E-state index in [2.05, 4.69) is 18.8 Å². The van der Waals surface area contributed by atoms with E-state index in [0.717, 1.165) is 16.9 Å². The third-order valence-electron chi connectivity index (χ3n) is 3.34. The minimum absolute atomic E-state index is 0.101. The van der Waals surface area contributed by atoms with Crippen molar-refractivity contribution in [1.29, 1.82) is 0 Å². The molecule has 0 fully saturated rings. The molecule has 0 aliphatic carbocycles. The zero-order valence-corrected chi connectivity index (χ0v) is 11.1. The summed E-state index contributed by atoms with van der Waals surface area (Å²) in [6.45, 7) is 10.3. The highest BCUT2D eigenvalue weighted by molar-refractivity contribution is 5.97. The van der Waals surface area contributed by atoms with Crippen LogP contribution in [0.3, 0.4) is 0 Å². The van der Waals surface area contributed by atoms with Crippen LogP contribution in [0.4, 0.5) is 0 Å². The largest absolute Gasteiger partial charge is 0.489 e. The van der Waals surface area contributed by atoms with E-state index in [1.807, 2.05) is 26.0 Å². The van der Waals surface area contributed by atoms with Gasteiger partial charge in [0.1, 0.15) is 11.9 Å². The molecule has 1 heterocycles. The lowest BCUT2D eigenvalue weighted by atomic mass is 9.97. The number of benzene rings is 1. The Bertz CT molecular complexity index is 493. The molecular weight excluding hydrogens is 226 g/mol. The Morgan fingerprint density at radius 2 is 2.17 bits per heavy atom. The number of rotatable bonds is 3. The van der Waals surface area contributed by atoms with Gasteiger partial charge in [-0.25, -0.2) is 0 Å². The maximum Gasteiger partial charge on any atom is 0.255 e. The van der Waals surface area contributed by atoms with Crippen LogP contribution in [0.2, 0.25) is 0 Å². The molecule has 0 saturated carbocycles. The normalized spacial score (nSPS) is 21.1. The van der Waals surface area contributed by atoms with E-state index in [9.17, 15) is 4.79 Å². The van der Waals surface area contributed by atoms with Crippen LogP contribution < -0.4 is 10.1 Å². The van der Waals surface area contributed by atoms with Gasteiger partial charge in [0.2, 0.25) is 0 Å². The van der Waals surface area contributed by atoms with Gasteiger partial charge in [0.25, 0.3) is 5.91 Å². The topological polar surface area (TPSA) is 38.3 Å². The minimum Gasteiger partial charge on any atom is -0.489 e. The molecule has 0 spiro atoms. The molecule has 1 aliphatic heterocycles. The summed E-state index contributed by atoms with van der Waals surface area (Å²) in [6, 6.07) is 5.74. The van der Waals surface area contributed by atoms with Crippen molar-refractivity contribution in [1.82, 2.24) is 5.32 Å². The molecule has 0 radical (unpaired) electrons. The van der Waals surface area contributed by atoms with Crippen LogP contribution in [-0.2, 0) is 0 Å². The quantitative estimate of drug-likeness (QED) is 0.831. The number of carbonyl (C=O) groups excluding carboxylic acids is 1. The van der Waals surface area contributed by atoms with Crippen molar-refractivity contribution < 1.29 is 9.53 Å². The number of amides is 1. The molecule has 1 aromatic rings. The lowest BCUT2D eigenvalue weighted by molar-refractivity contribution is 0.0952. The monoisotopic (exact) mass is 245 g/mol. The van der Waals surface area contributed by atoms with Gasteiger partial charge in [-0.05, 0) is 19.9 Å². The number of hydrogen-bond acceptors (Lipinski definition) is 2. The molecule has 2 rings (SSSR count). The molecule has 18 heavy (non-hydrogen) atoms. The van der Waals surface area contributed by atoms with Crippen molar-refractivity contribution >= 4 is 5.91 Å². The molecule has 1 aromatic carbocycles. The van der Waals surface area contributed by atoms with E-state index in [0.29, 0.717) is 18.0 Å². The van der Waals surface area contributed by atoms with Gasteiger partial charge in [0.15, 0.2) is 0 Å². The average Bonchev–Trinajstić information content (AvgIpc) is 2.62. The standard InChI is InChI=1S/C15H19NO2/c1-9(2)8-16-15(17)13-7-5-6-12-10(3)11(4)18-14(12)13/h5-7,10-11H,1,8H2,2-4H3,(H,16,17). The van der Waals surface area contributed by atoms with Gasteiger partial charge in [-0.3, -0.25) is 4.79 Å². The summed E-state index contributed by atoms with van der Waals surface area (Å²) in [5, 5.41) is 2.84. The lowest BCUT2D eigenvalue weighted by Gasteiger charge is -2.10. The van der Waals surface area contributed by atoms with Crippen LogP contribution in [0.1, 0.15) is 42.6 Å². The highest BCUT2D eigenvalue weighted by Crippen LogP contribution is 2.40. The van der Waals surface area contributed by atoms with Gasteiger partial charge in [-0.15, -0.1) is 0 Å². The Morgan fingerprint density at radius 1 is 1.44 bits per heavy atom. The summed E-state index contributed by atoms with van der Waals surface area (Å²) in [6.07, 6.45) is 0.120. The summed E-state index contributed by atoms with van der Waals surface area (Å²) < 4.78 is 5.79. The van der Waals surface area contributed by atoms with Crippen LogP contribution in [0.25, 0.3) is 0 Å². The number of hydrogen-bond donors (Lipinski definition) is 1. The zero-order chi connectivity index (χ0) is 13.3. The Labute approximate surface area is 108 Å². The fraction of sp³-hybridized carbons (Fsp3) is 0.400. The van der Waals surface area contributed by atoms with Gasteiger partial charge in [-0.1, -0.05) is 31.2 Å². The number of para-hydroxylation sites is 1. The first-order valence-corrected chi connectivity index (χ1v) is 6.23. The van der Waals surface area contributed by atoms with E-state index in [-0.39, 0.29) is 12.0 Å². The first-order chi connectivity index (χ1) is 8.50. The molecule has 0 aromatic heterocycles. The van der Waals surface area contributed by atoms with Gasteiger partial charge in [0.05, 0.1) is 5.56 Å². The van der Waals surface area contributed by atoms with Crippen molar-refractivity contribution in [2.24, 2.45) is 0 Å². The summed E-state index contributed by atoms with van der Waals surface area (Å²) in [5.41, 5.74) is 2.66. The van der Waals surface area contributed by atoms with Crippen molar-refractivity contribution in [3.8, 4) is 5.75 Å². The zero-order valence-electron chi connectivity index (χ0n) is 11.1. The second-order valence-corrected chi connectivity index (χ2v) is 4.98. The Kier molecular flexibility index (Phi) is 3.41. The molecule has 2 unspecified atom stereocenters. The molecule has 3 heteroatoms. The Hall–Kier alpha value is -1.77. The summed E-state index contributed by atoms with van der Waals surface area (Å²) in [4.78, 5) is 12.1. The predicted molar refractivity (Wildman–Crippen MR) is 72.1 cm³/mol. The predicted octanol–water partition coefficient (Wildman–Crippen LogP) is 2.88. The fourth-order valence-electron chi connectivity index (χ4n) is 2.09. The summed E-state index contributed by atoms with van der Waals surface area (Å²) in [5.74, 6) is 0.960. The summed E-state index contributed by atoms with van der Waals surface area (Å²) >= 11 is 0. The molecule has 1 amide bonds. The first kappa shape index (κ1) is 12.7. The number of nitrogens with one attached hydrogen (secondary N) is 1. The molecule has 1 aliphatic rings. The highest BCUT2D eigenvalue weighted by atomic mass is 16.5. The Balaban J connectivity index is 2.26. The van der Waals surface area contributed by atoms with Crippen molar-refractivity contribution in [3.63, 3.8) is 0 Å². The molecule has 1 N–H and O–H groups in total. The van der Waals surface area contributed by atoms with Gasteiger partial charge in [-0.2, -0.15) is 0 Å². The van der Waals surface area contributed by atoms with E-state index in [1.54, 1.807) is 6.07 Å². The average molecular weight is 245 g/mol. The molecular formula is C15H19NO2. The van der Waals surface area contributed by atoms with Gasteiger partial charge >= 0.3 is 0 Å². The third kappa shape index (κ3) is 2.26. The van der Waals surface area contributed by atoms with Crippen molar-refractivity contribution in [2.75, 3.05) is 6.54 Å². The smallest absolute Gasteiger partial charge is 0.255 e. The van der Waals surface area contributed by atoms with Crippen LogP contribution in [0.15, 0.2) is 30.4 Å². The molecule has 0 bridgehead atoms. The fourth-order valence-corrected chi connectivity index (χ4v) is 2.09. The molecule has 2 atom stereocenters. The number of ether oxygens (including phenoxy) is 1. The maximum absolute atomic E-state index is 12.1. The number of carbonyl (C=O) groups is 1. The lowest BCUT2D eigenvalue weighted by Crippen LogP contribution is -2.25. The Morgan fingerprint density at radius 3 is 2.83 bits per heavy atom. The van der Waals surface area contributed by atoms with E-state index >= 15 is 0 Å². The third-order valence-corrected chi connectivity index (χ3v) is 3.34. The van der Waals surface area contributed by atoms with Crippen LogP contribution in [0, 0.1) is 0 Å². The van der Waals surface area contributed by atoms with Crippen LogP contribution >= 0.6 is 0 Å². The minimum atomic E-state index is -0.101. The van der Waals surface area contributed by atoms with Gasteiger partial charge in [0, 0.05) is 18.0 Å². The molecule has 3 nitrogen and oxygen atoms in total. The highest BCUT2D eigenvalue weighted by Gasteiger charge is 2.30. The van der Waals surface area contributed by atoms with Crippen LogP contribution in [0.5, 0.6) is 5.75 Å². The van der Waals surface area contributed by atoms with Crippen LogP contribution in [-0.4, -0.2) is 18.6 Å². The SMILES string of the molecule is C=C(C)CNC(=O)c1cccc2c1OC(C)C2C. The number of fused-ring (bicyclic) bond motifs is 1. The first-order valence-electron chi connectivity index (χ1n) is 6.23. The second kappa shape index (κ2) is 4.84. The van der Waals surface area contributed by atoms with E-state index in [1.165, 1.54) is 0 Å².